The number of nitrogens with two attached hydrogens (primary N) is 1. The highest BCUT2D eigenvalue weighted by molar-refractivity contribution is 9.10. The third-order valence-electron chi connectivity index (χ3n) is 5.01. The number of aromatic nitrogens is 1. The van der Waals surface area contributed by atoms with Crippen LogP contribution in [0, 0.1) is 18.6 Å². The monoisotopic (exact) mass is 555 g/mol. The SMILES string of the molecule is Cc1cc(OCc2ccc(F)cc2F)c(Br)c(=O)n1Cc1cccc(C(=O)NCCCN)c1.Cl. The molecule has 0 bridgehead atoms. The number of nitrogens with one attached hydrogen (secondary N) is 1. The second kappa shape index (κ2) is 12.6. The Morgan fingerprint density at radius 3 is 2.65 bits per heavy atom. The van der Waals surface area contributed by atoms with E-state index in [1.165, 1.54) is 6.07 Å². The first kappa shape index (κ1) is 27.5. The van der Waals surface area contributed by atoms with Gasteiger partial charge in [0.25, 0.3) is 11.5 Å². The van der Waals surface area contributed by atoms with Crippen molar-refractivity contribution in [1.29, 1.82) is 0 Å². The fourth-order valence-corrected chi connectivity index (χ4v) is 3.65. The Bertz CT molecular complexity index is 1220. The molecule has 1 aromatic heterocycles. The lowest BCUT2D eigenvalue weighted by molar-refractivity contribution is 0.0953. The Morgan fingerprint density at radius 2 is 1.94 bits per heavy atom. The van der Waals surface area contributed by atoms with E-state index in [0.717, 1.165) is 17.7 Å². The zero-order chi connectivity index (χ0) is 24.0. The van der Waals surface area contributed by atoms with Crippen molar-refractivity contribution in [1.82, 2.24) is 9.88 Å². The molecule has 0 aliphatic carbocycles. The van der Waals surface area contributed by atoms with Crippen molar-refractivity contribution >= 4 is 34.2 Å². The van der Waals surface area contributed by atoms with Gasteiger partial charge in [-0.2, -0.15) is 0 Å². The summed E-state index contributed by atoms with van der Waals surface area (Å²) in [6, 6.07) is 11.9. The van der Waals surface area contributed by atoms with Gasteiger partial charge in [0.1, 0.15) is 28.5 Å². The maximum absolute atomic E-state index is 13.9. The van der Waals surface area contributed by atoms with Crippen LogP contribution in [0.2, 0.25) is 0 Å². The quantitative estimate of drug-likeness (QED) is 0.384. The zero-order valence-electron chi connectivity index (χ0n) is 18.4. The molecule has 2 aromatic carbocycles. The molecule has 0 spiro atoms. The third kappa shape index (κ3) is 6.88. The second-order valence-corrected chi connectivity index (χ2v) is 8.27. The van der Waals surface area contributed by atoms with E-state index < -0.39 is 11.6 Å². The molecule has 0 fully saturated rings. The molecule has 0 unspecified atom stereocenters. The molecule has 0 saturated carbocycles. The fourth-order valence-electron chi connectivity index (χ4n) is 3.21. The summed E-state index contributed by atoms with van der Waals surface area (Å²) in [4.78, 5) is 25.2. The standard InChI is InChI=1S/C24H24BrF2N3O3.ClH/c1-15-10-21(33-14-18-6-7-19(26)12-20(18)27)22(25)24(32)30(15)13-16-4-2-5-17(11-16)23(31)29-9-3-8-28;/h2,4-7,10-12H,3,8-9,13-14,28H2,1H3,(H,29,31);1H. The lowest BCUT2D eigenvalue weighted by atomic mass is 10.1. The van der Waals surface area contributed by atoms with Crippen molar-refractivity contribution in [2.45, 2.75) is 26.5 Å². The van der Waals surface area contributed by atoms with Crippen LogP contribution in [0.15, 0.2) is 57.8 Å². The van der Waals surface area contributed by atoms with Gasteiger partial charge in [-0.3, -0.25) is 9.59 Å². The summed E-state index contributed by atoms with van der Waals surface area (Å²) >= 11 is 3.27. The number of aryl methyl sites for hydroxylation is 1. The number of carbonyl (C=O) groups excluding carboxylic acids is 1. The summed E-state index contributed by atoms with van der Waals surface area (Å²) in [6.45, 7) is 2.84. The fraction of sp³-hybridized carbons (Fsp3) is 0.250. The summed E-state index contributed by atoms with van der Waals surface area (Å²) in [7, 11) is 0. The number of ether oxygens (including phenoxy) is 1. The smallest absolute Gasteiger partial charge is 0.269 e. The Labute approximate surface area is 210 Å². The second-order valence-electron chi connectivity index (χ2n) is 7.48. The highest BCUT2D eigenvalue weighted by Crippen LogP contribution is 2.24. The van der Waals surface area contributed by atoms with Crippen LogP contribution >= 0.6 is 28.3 Å². The van der Waals surface area contributed by atoms with E-state index in [-0.39, 0.29) is 52.8 Å². The summed E-state index contributed by atoms with van der Waals surface area (Å²) in [5.41, 5.74) is 7.19. The largest absolute Gasteiger partial charge is 0.487 e. The lowest BCUT2D eigenvalue weighted by Crippen LogP contribution is -2.26. The first-order chi connectivity index (χ1) is 15.8. The van der Waals surface area contributed by atoms with Gasteiger partial charge >= 0.3 is 0 Å². The maximum Gasteiger partial charge on any atom is 0.269 e. The van der Waals surface area contributed by atoms with Crippen LogP contribution in [0.3, 0.4) is 0 Å². The number of halogens is 4. The average molecular weight is 557 g/mol. The number of nitrogens with zero attached hydrogens (tertiary/aromatic N) is 1. The van der Waals surface area contributed by atoms with Crippen LogP contribution in [0.25, 0.3) is 0 Å². The number of amides is 1. The number of hydrogen-bond donors (Lipinski definition) is 2. The molecule has 182 valence electrons. The molecule has 0 atom stereocenters. The Balaban J connectivity index is 0.00000408. The Kier molecular flexibility index (Phi) is 10.2. The molecule has 34 heavy (non-hydrogen) atoms. The first-order valence-corrected chi connectivity index (χ1v) is 11.1. The van der Waals surface area contributed by atoms with E-state index >= 15 is 0 Å². The number of benzene rings is 2. The minimum absolute atomic E-state index is 0. The minimum atomic E-state index is -0.719. The van der Waals surface area contributed by atoms with E-state index in [9.17, 15) is 18.4 Å². The van der Waals surface area contributed by atoms with Gasteiger partial charge in [-0.25, -0.2) is 8.78 Å². The third-order valence-corrected chi connectivity index (χ3v) is 5.74. The molecule has 6 nitrogen and oxygen atoms in total. The van der Waals surface area contributed by atoms with E-state index in [1.54, 1.807) is 35.8 Å². The average Bonchev–Trinajstić information content (AvgIpc) is 2.79. The van der Waals surface area contributed by atoms with Crippen molar-refractivity contribution in [3.8, 4) is 5.75 Å². The molecule has 10 heteroatoms. The van der Waals surface area contributed by atoms with Crippen LogP contribution < -0.4 is 21.3 Å². The van der Waals surface area contributed by atoms with E-state index in [1.807, 2.05) is 6.07 Å². The van der Waals surface area contributed by atoms with E-state index in [4.69, 9.17) is 10.5 Å². The summed E-state index contributed by atoms with van der Waals surface area (Å²) in [5.74, 6) is -1.34. The van der Waals surface area contributed by atoms with Crippen molar-refractivity contribution in [2.75, 3.05) is 13.1 Å². The lowest BCUT2D eigenvalue weighted by Gasteiger charge is -2.15. The molecular weight excluding hydrogens is 532 g/mol. The van der Waals surface area contributed by atoms with Gasteiger partial charge in [-0.05, 0) is 65.6 Å². The summed E-state index contributed by atoms with van der Waals surface area (Å²) in [5, 5.41) is 2.81. The Hall–Kier alpha value is -2.75. The van der Waals surface area contributed by atoms with Gasteiger partial charge in [0.05, 0.1) is 6.54 Å². The van der Waals surface area contributed by atoms with Crippen molar-refractivity contribution in [3.63, 3.8) is 0 Å². The topological polar surface area (TPSA) is 86.3 Å². The van der Waals surface area contributed by atoms with Crippen molar-refractivity contribution in [2.24, 2.45) is 5.73 Å². The molecule has 1 heterocycles. The molecule has 0 aliphatic heterocycles. The van der Waals surface area contributed by atoms with Gasteiger partial charge in [0.2, 0.25) is 0 Å². The van der Waals surface area contributed by atoms with Crippen LogP contribution in [0.1, 0.15) is 33.6 Å². The molecule has 3 aromatic rings. The number of rotatable bonds is 9. The van der Waals surface area contributed by atoms with Crippen LogP contribution in [0.4, 0.5) is 8.78 Å². The zero-order valence-corrected chi connectivity index (χ0v) is 20.8. The van der Waals surface area contributed by atoms with Crippen molar-refractivity contribution < 1.29 is 18.3 Å². The molecule has 0 radical (unpaired) electrons. The van der Waals surface area contributed by atoms with Gasteiger partial charge in [-0.1, -0.05) is 12.1 Å². The predicted molar refractivity (Wildman–Crippen MR) is 133 cm³/mol. The van der Waals surface area contributed by atoms with Gasteiger partial charge in [-0.15, -0.1) is 12.4 Å². The first-order valence-electron chi connectivity index (χ1n) is 10.3. The van der Waals surface area contributed by atoms with E-state index in [2.05, 4.69) is 21.2 Å². The summed E-state index contributed by atoms with van der Waals surface area (Å²) in [6.07, 6.45) is 0.691. The number of hydrogen-bond acceptors (Lipinski definition) is 4. The van der Waals surface area contributed by atoms with Gasteiger partial charge in [0, 0.05) is 35.5 Å². The molecule has 0 aliphatic rings. The summed E-state index contributed by atoms with van der Waals surface area (Å²) < 4.78 is 34.3. The minimum Gasteiger partial charge on any atom is -0.487 e. The Morgan fingerprint density at radius 1 is 1.18 bits per heavy atom. The molecule has 1 amide bonds. The van der Waals surface area contributed by atoms with Gasteiger partial charge in [0.15, 0.2) is 0 Å². The molecule has 3 rings (SSSR count). The normalized spacial score (nSPS) is 10.5. The number of carbonyl (C=O) groups is 1. The van der Waals surface area contributed by atoms with E-state index in [0.29, 0.717) is 30.8 Å². The van der Waals surface area contributed by atoms with Crippen LogP contribution in [0.5, 0.6) is 5.75 Å². The predicted octanol–water partition coefficient (Wildman–Crippen LogP) is 4.33. The van der Waals surface area contributed by atoms with Crippen LogP contribution in [-0.2, 0) is 13.2 Å². The van der Waals surface area contributed by atoms with Gasteiger partial charge < -0.3 is 20.4 Å². The molecular formula is C24H25BrClF2N3O3. The maximum atomic E-state index is 13.9. The van der Waals surface area contributed by atoms with Crippen molar-refractivity contribution in [3.05, 3.63) is 97.4 Å². The molecule has 0 saturated heterocycles. The molecule has 3 N–H and O–H groups in total. The highest BCUT2D eigenvalue weighted by Gasteiger charge is 2.14. The highest BCUT2D eigenvalue weighted by atomic mass is 79.9. The van der Waals surface area contributed by atoms with Crippen LogP contribution in [-0.4, -0.2) is 23.6 Å². The number of pyridine rings is 1.